The minimum absolute atomic E-state index is 0.0307. The molecule has 2 atom stereocenters. The zero-order valence-electron chi connectivity index (χ0n) is 15.7. The molecular formula is C23H23N3O2. The van der Waals surface area contributed by atoms with Crippen LogP contribution >= 0.6 is 0 Å². The smallest absolute Gasteiger partial charge is 0.138 e. The summed E-state index contributed by atoms with van der Waals surface area (Å²) < 4.78 is 8.10. The van der Waals surface area contributed by atoms with E-state index in [2.05, 4.69) is 5.10 Å². The van der Waals surface area contributed by atoms with Crippen LogP contribution in [-0.2, 0) is 6.61 Å². The lowest BCUT2D eigenvalue weighted by Gasteiger charge is -2.23. The second kappa shape index (κ2) is 7.84. The van der Waals surface area contributed by atoms with Crippen molar-refractivity contribution in [3.8, 4) is 11.4 Å². The number of ether oxygens (including phenoxy) is 1. The normalized spacial score (nSPS) is 13.4. The molecule has 0 aliphatic rings. The average molecular weight is 373 g/mol. The first-order valence-corrected chi connectivity index (χ1v) is 9.31. The Hall–Kier alpha value is -3.15. The number of aliphatic hydroxyl groups is 1. The summed E-state index contributed by atoms with van der Waals surface area (Å²) in [6.07, 6.45) is 1.60. The van der Waals surface area contributed by atoms with Crippen molar-refractivity contribution in [3.05, 3.63) is 90.1 Å². The van der Waals surface area contributed by atoms with Gasteiger partial charge in [-0.05, 0) is 48.4 Å². The highest BCUT2D eigenvalue weighted by atomic mass is 16.5. The van der Waals surface area contributed by atoms with Crippen LogP contribution in [0.25, 0.3) is 16.6 Å². The Morgan fingerprint density at radius 3 is 2.46 bits per heavy atom. The fourth-order valence-corrected chi connectivity index (χ4v) is 3.30. The first-order valence-electron chi connectivity index (χ1n) is 9.31. The van der Waals surface area contributed by atoms with Gasteiger partial charge in [0.1, 0.15) is 11.9 Å². The molecular weight excluding hydrogens is 350 g/mol. The molecule has 142 valence electrons. The maximum Gasteiger partial charge on any atom is 0.138 e. The number of benzene rings is 3. The highest BCUT2D eigenvalue weighted by Crippen LogP contribution is 2.28. The molecule has 28 heavy (non-hydrogen) atoms. The molecule has 0 saturated carbocycles. The van der Waals surface area contributed by atoms with E-state index in [9.17, 15) is 5.11 Å². The lowest BCUT2D eigenvalue weighted by molar-refractivity contribution is 0.180. The van der Waals surface area contributed by atoms with Crippen LogP contribution < -0.4 is 10.5 Å². The zero-order chi connectivity index (χ0) is 19.5. The average Bonchev–Trinajstić information content (AvgIpc) is 3.15. The van der Waals surface area contributed by atoms with Gasteiger partial charge in [-0.1, -0.05) is 42.5 Å². The Labute approximate surface area is 164 Å². The van der Waals surface area contributed by atoms with Crippen molar-refractivity contribution in [2.45, 2.75) is 25.7 Å². The molecule has 0 spiro atoms. The van der Waals surface area contributed by atoms with Gasteiger partial charge in [0.25, 0.3) is 0 Å². The predicted octanol–water partition coefficient (Wildman–Crippen LogP) is 3.99. The van der Waals surface area contributed by atoms with E-state index in [1.807, 2.05) is 90.6 Å². The summed E-state index contributed by atoms with van der Waals surface area (Å²) in [5.74, 6) is 0.758. The van der Waals surface area contributed by atoms with Crippen LogP contribution in [0, 0.1) is 0 Å². The maximum absolute atomic E-state index is 9.21. The summed E-state index contributed by atoms with van der Waals surface area (Å²) in [5, 5.41) is 14.7. The van der Waals surface area contributed by atoms with Crippen LogP contribution in [0.2, 0.25) is 0 Å². The Kier molecular flexibility index (Phi) is 5.10. The van der Waals surface area contributed by atoms with Gasteiger partial charge < -0.3 is 15.6 Å². The first kappa shape index (κ1) is 18.2. The summed E-state index contributed by atoms with van der Waals surface area (Å²) >= 11 is 0. The van der Waals surface area contributed by atoms with E-state index in [0.717, 1.165) is 33.5 Å². The molecule has 0 fully saturated rings. The summed E-state index contributed by atoms with van der Waals surface area (Å²) in [4.78, 5) is 0. The van der Waals surface area contributed by atoms with Crippen molar-refractivity contribution in [3.63, 3.8) is 0 Å². The van der Waals surface area contributed by atoms with E-state index in [1.54, 1.807) is 0 Å². The van der Waals surface area contributed by atoms with E-state index < -0.39 is 0 Å². The second-order valence-electron chi connectivity index (χ2n) is 6.91. The minimum Gasteiger partial charge on any atom is -0.484 e. The highest BCUT2D eigenvalue weighted by molar-refractivity contribution is 5.81. The molecule has 4 rings (SSSR count). The molecule has 5 heteroatoms. The van der Waals surface area contributed by atoms with Gasteiger partial charge in [-0.15, -0.1) is 0 Å². The maximum atomic E-state index is 9.21. The van der Waals surface area contributed by atoms with Gasteiger partial charge in [-0.2, -0.15) is 5.10 Å². The summed E-state index contributed by atoms with van der Waals surface area (Å²) in [5.41, 5.74) is 10.0. The second-order valence-corrected chi connectivity index (χ2v) is 6.91. The monoisotopic (exact) mass is 373 g/mol. The third-order valence-electron chi connectivity index (χ3n) is 4.77. The Bertz CT molecular complexity index is 1060. The molecule has 0 amide bonds. The largest absolute Gasteiger partial charge is 0.484 e. The van der Waals surface area contributed by atoms with Crippen LogP contribution in [0.3, 0.4) is 0 Å². The van der Waals surface area contributed by atoms with Crippen molar-refractivity contribution in [2.75, 3.05) is 0 Å². The minimum atomic E-state index is -0.222. The third kappa shape index (κ3) is 3.63. The van der Waals surface area contributed by atoms with Gasteiger partial charge in [-0.25, -0.2) is 4.68 Å². The Balaban J connectivity index is 1.63. The van der Waals surface area contributed by atoms with Crippen molar-refractivity contribution < 1.29 is 9.84 Å². The van der Waals surface area contributed by atoms with E-state index in [0.29, 0.717) is 0 Å². The molecule has 0 saturated heterocycles. The molecule has 1 aromatic heterocycles. The highest BCUT2D eigenvalue weighted by Gasteiger charge is 2.18. The fraction of sp³-hybridized carbons (Fsp3) is 0.174. The van der Waals surface area contributed by atoms with Gasteiger partial charge >= 0.3 is 0 Å². The lowest BCUT2D eigenvalue weighted by Crippen LogP contribution is -2.29. The molecule has 5 nitrogen and oxygen atoms in total. The summed E-state index contributed by atoms with van der Waals surface area (Å²) in [7, 11) is 0. The van der Waals surface area contributed by atoms with Crippen LogP contribution in [0.1, 0.15) is 24.2 Å². The molecule has 3 aromatic carbocycles. The summed E-state index contributed by atoms with van der Waals surface area (Å²) in [6, 6.07) is 23.5. The quantitative estimate of drug-likeness (QED) is 0.536. The van der Waals surface area contributed by atoms with Gasteiger partial charge in [0.05, 0.1) is 24.0 Å². The standard InChI is InChI=1S/C23H23N3O2/c1-16(24)23(18-5-3-2-4-6-18)28-21-11-12-22-19(13-21)14-25-26(22)20-9-7-17(15-27)8-10-20/h2-14,16,23,27H,15,24H2,1H3/t16-,23-/m0/s1. The number of fused-ring (bicyclic) bond motifs is 1. The SMILES string of the molecule is C[C@H](N)[C@H](Oc1ccc2c(cnn2-c2ccc(CO)cc2)c1)c1ccccc1. The zero-order valence-corrected chi connectivity index (χ0v) is 15.7. The van der Waals surface area contributed by atoms with Crippen molar-refractivity contribution in [1.82, 2.24) is 9.78 Å². The number of nitrogens with zero attached hydrogens (tertiary/aromatic N) is 2. The van der Waals surface area contributed by atoms with Crippen LogP contribution in [0.4, 0.5) is 0 Å². The molecule has 0 radical (unpaired) electrons. The molecule has 4 aromatic rings. The number of hydrogen-bond acceptors (Lipinski definition) is 4. The lowest BCUT2D eigenvalue weighted by atomic mass is 10.0. The molecule has 0 aliphatic carbocycles. The fourth-order valence-electron chi connectivity index (χ4n) is 3.30. The van der Waals surface area contributed by atoms with Gasteiger partial charge in [0.2, 0.25) is 0 Å². The number of rotatable bonds is 6. The van der Waals surface area contributed by atoms with Crippen LogP contribution in [0.5, 0.6) is 5.75 Å². The third-order valence-corrected chi connectivity index (χ3v) is 4.77. The van der Waals surface area contributed by atoms with Crippen molar-refractivity contribution >= 4 is 10.9 Å². The van der Waals surface area contributed by atoms with Gasteiger partial charge in [-0.3, -0.25) is 0 Å². The molecule has 1 heterocycles. The number of aliphatic hydroxyl groups excluding tert-OH is 1. The topological polar surface area (TPSA) is 73.3 Å². The molecule has 0 bridgehead atoms. The Morgan fingerprint density at radius 2 is 1.79 bits per heavy atom. The number of aromatic nitrogens is 2. The predicted molar refractivity (Wildman–Crippen MR) is 110 cm³/mol. The van der Waals surface area contributed by atoms with Crippen molar-refractivity contribution in [1.29, 1.82) is 0 Å². The van der Waals surface area contributed by atoms with Crippen LogP contribution in [0.15, 0.2) is 79.0 Å². The van der Waals surface area contributed by atoms with Gasteiger partial charge in [0.15, 0.2) is 0 Å². The van der Waals surface area contributed by atoms with Gasteiger partial charge in [0, 0.05) is 11.4 Å². The molecule has 0 aliphatic heterocycles. The van der Waals surface area contributed by atoms with E-state index in [4.69, 9.17) is 10.5 Å². The van der Waals surface area contributed by atoms with E-state index >= 15 is 0 Å². The van der Waals surface area contributed by atoms with E-state index in [1.165, 1.54) is 0 Å². The number of hydrogen-bond donors (Lipinski definition) is 2. The molecule has 0 unspecified atom stereocenters. The van der Waals surface area contributed by atoms with Crippen LogP contribution in [-0.4, -0.2) is 20.9 Å². The summed E-state index contributed by atoms with van der Waals surface area (Å²) in [6.45, 7) is 1.98. The Morgan fingerprint density at radius 1 is 1.04 bits per heavy atom. The van der Waals surface area contributed by atoms with E-state index in [-0.39, 0.29) is 18.8 Å². The number of nitrogens with two attached hydrogens (primary N) is 1. The van der Waals surface area contributed by atoms with Crippen molar-refractivity contribution in [2.24, 2.45) is 5.73 Å². The first-order chi connectivity index (χ1) is 13.7. The molecule has 3 N–H and O–H groups in total.